The summed E-state index contributed by atoms with van der Waals surface area (Å²) in [6.07, 6.45) is 0. The number of carbonyl (C=O) groups excluding carboxylic acids is 2. The summed E-state index contributed by atoms with van der Waals surface area (Å²) in [7, 11) is 5.03. The quantitative estimate of drug-likeness (QED) is 0.933. The van der Waals surface area contributed by atoms with Gasteiger partial charge in [-0.25, -0.2) is 0 Å². The molecule has 1 heterocycles. The van der Waals surface area contributed by atoms with Crippen molar-refractivity contribution in [3.05, 3.63) is 47.3 Å². The van der Waals surface area contributed by atoms with Crippen molar-refractivity contribution >= 4 is 17.5 Å². The molecule has 0 saturated heterocycles. The van der Waals surface area contributed by atoms with Gasteiger partial charge in [0, 0.05) is 26.7 Å². The molecule has 2 aromatic rings. The number of hydrogen-bond donors (Lipinski definition) is 1. The summed E-state index contributed by atoms with van der Waals surface area (Å²) in [5.74, 6) is -0.512. The molecule has 0 spiro atoms. The molecule has 0 bridgehead atoms. The van der Waals surface area contributed by atoms with Crippen LogP contribution in [0, 0.1) is 6.92 Å². The van der Waals surface area contributed by atoms with E-state index in [9.17, 15) is 9.59 Å². The molecule has 2 amide bonds. The Morgan fingerprint density at radius 3 is 2.38 bits per heavy atom. The Morgan fingerprint density at radius 2 is 1.81 bits per heavy atom. The lowest BCUT2D eigenvalue weighted by Crippen LogP contribution is -2.24. The number of nitrogens with zero attached hydrogens (tertiary/aromatic N) is 3. The molecule has 0 fully saturated rings. The molecule has 21 heavy (non-hydrogen) atoms. The average Bonchev–Trinajstić information content (AvgIpc) is 2.75. The van der Waals surface area contributed by atoms with Crippen molar-refractivity contribution in [1.82, 2.24) is 14.7 Å². The van der Waals surface area contributed by atoms with Crippen molar-refractivity contribution in [3.63, 3.8) is 0 Å². The molecule has 6 nitrogen and oxygen atoms in total. The highest BCUT2D eigenvalue weighted by Gasteiger charge is 2.22. The SMILES string of the molecule is Cc1c(NC(=O)c2ccccc2)c(C(=O)N(C)C)nn1C. The van der Waals surface area contributed by atoms with Gasteiger partial charge in [0.1, 0.15) is 0 Å². The third kappa shape index (κ3) is 2.94. The highest BCUT2D eigenvalue weighted by Crippen LogP contribution is 2.21. The predicted octanol–water partition coefficient (Wildman–Crippen LogP) is 1.68. The van der Waals surface area contributed by atoms with Crippen molar-refractivity contribution in [1.29, 1.82) is 0 Å². The molecule has 0 saturated carbocycles. The number of amides is 2. The molecule has 1 N–H and O–H groups in total. The molecule has 0 aliphatic rings. The number of aromatic nitrogens is 2. The molecule has 2 rings (SSSR count). The van der Waals surface area contributed by atoms with Gasteiger partial charge in [-0.15, -0.1) is 0 Å². The van der Waals surface area contributed by atoms with Crippen LogP contribution in [0.2, 0.25) is 0 Å². The second kappa shape index (κ2) is 5.78. The molecule has 0 radical (unpaired) electrons. The maximum atomic E-state index is 12.2. The molecule has 0 unspecified atom stereocenters. The van der Waals surface area contributed by atoms with Crippen LogP contribution in [0.25, 0.3) is 0 Å². The topological polar surface area (TPSA) is 67.2 Å². The van der Waals surface area contributed by atoms with E-state index in [1.807, 2.05) is 6.07 Å². The summed E-state index contributed by atoms with van der Waals surface area (Å²) in [6, 6.07) is 8.85. The average molecular weight is 286 g/mol. The zero-order valence-corrected chi connectivity index (χ0v) is 12.5. The normalized spacial score (nSPS) is 10.3. The van der Waals surface area contributed by atoms with Gasteiger partial charge in [-0.2, -0.15) is 5.10 Å². The first-order valence-electron chi connectivity index (χ1n) is 6.53. The Balaban J connectivity index is 2.36. The molecule has 1 aromatic carbocycles. The van der Waals surface area contributed by atoms with Crippen LogP contribution >= 0.6 is 0 Å². The molecule has 1 aromatic heterocycles. The van der Waals surface area contributed by atoms with E-state index >= 15 is 0 Å². The molecule has 0 aliphatic carbocycles. The van der Waals surface area contributed by atoms with E-state index in [1.54, 1.807) is 57.0 Å². The van der Waals surface area contributed by atoms with Crippen LogP contribution in [0.5, 0.6) is 0 Å². The summed E-state index contributed by atoms with van der Waals surface area (Å²) in [5.41, 5.74) is 1.95. The lowest BCUT2D eigenvalue weighted by molar-refractivity contribution is 0.0822. The van der Waals surface area contributed by atoms with Crippen molar-refractivity contribution in [2.75, 3.05) is 19.4 Å². The minimum absolute atomic E-state index is 0.240. The number of anilines is 1. The Kier molecular flexibility index (Phi) is 4.07. The molecular weight excluding hydrogens is 268 g/mol. The van der Waals surface area contributed by atoms with Crippen LogP contribution in [0.4, 0.5) is 5.69 Å². The molecule has 0 atom stereocenters. The van der Waals surface area contributed by atoms with Gasteiger partial charge >= 0.3 is 0 Å². The molecule has 0 aliphatic heterocycles. The van der Waals surface area contributed by atoms with Crippen LogP contribution in [0.15, 0.2) is 30.3 Å². The van der Waals surface area contributed by atoms with Crippen LogP contribution in [-0.4, -0.2) is 40.6 Å². The van der Waals surface area contributed by atoms with Gasteiger partial charge in [0.2, 0.25) is 0 Å². The van der Waals surface area contributed by atoms with Crippen LogP contribution < -0.4 is 5.32 Å². The number of hydrogen-bond acceptors (Lipinski definition) is 3. The zero-order valence-electron chi connectivity index (χ0n) is 12.5. The standard InChI is InChI=1S/C15H18N4O2/c1-10-12(13(17-19(10)4)15(21)18(2)3)16-14(20)11-8-6-5-7-9-11/h5-9H,1-4H3,(H,16,20). The van der Waals surface area contributed by atoms with Gasteiger partial charge in [-0.05, 0) is 19.1 Å². The Labute approximate surface area is 123 Å². The highest BCUT2D eigenvalue weighted by molar-refractivity contribution is 6.08. The Hall–Kier alpha value is -2.63. The van der Waals surface area contributed by atoms with Gasteiger partial charge in [0.15, 0.2) is 5.69 Å². The van der Waals surface area contributed by atoms with E-state index in [0.717, 1.165) is 5.69 Å². The van der Waals surface area contributed by atoms with Gasteiger partial charge < -0.3 is 10.2 Å². The van der Waals surface area contributed by atoms with Crippen molar-refractivity contribution < 1.29 is 9.59 Å². The fourth-order valence-electron chi connectivity index (χ4n) is 1.89. The fraction of sp³-hybridized carbons (Fsp3) is 0.267. The van der Waals surface area contributed by atoms with Gasteiger partial charge in [0.25, 0.3) is 11.8 Å². The maximum Gasteiger partial charge on any atom is 0.276 e. The summed E-state index contributed by atoms with van der Waals surface area (Å²) in [6.45, 7) is 1.81. The van der Waals surface area contributed by atoms with E-state index in [0.29, 0.717) is 11.3 Å². The molecular formula is C15H18N4O2. The first-order valence-corrected chi connectivity index (χ1v) is 6.53. The summed E-state index contributed by atoms with van der Waals surface area (Å²) in [4.78, 5) is 25.8. The van der Waals surface area contributed by atoms with E-state index in [2.05, 4.69) is 10.4 Å². The molecule has 6 heteroatoms. The lowest BCUT2D eigenvalue weighted by atomic mass is 10.2. The van der Waals surface area contributed by atoms with Gasteiger partial charge in [0.05, 0.1) is 11.4 Å². The van der Waals surface area contributed by atoms with E-state index in [-0.39, 0.29) is 17.5 Å². The first-order chi connectivity index (χ1) is 9.91. The largest absolute Gasteiger partial charge is 0.343 e. The van der Waals surface area contributed by atoms with Crippen molar-refractivity contribution in [3.8, 4) is 0 Å². The number of nitrogens with one attached hydrogen (secondary N) is 1. The summed E-state index contributed by atoms with van der Waals surface area (Å²) in [5, 5.41) is 6.97. The predicted molar refractivity (Wildman–Crippen MR) is 80.4 cm³/mol. The summed E-state index contributed by atoms with van der Waals surface area (Å²) >= 11 is 0. The highest BCUT2D eigenvalue weighted by atomic mass is 16.2. The number of rotatable bonds is 3. The van der Waals surface area contributed by atoms with Gasteiger partial charge in [-0.1, -0.05) is 18.2 Å². The van der Waals surface area contributed by atoms with Crippen LogP contribution in [0.3, 0.4) is 0 Å². The van der Waals surface area contributed by atoms with Gasteiger partial charge in [-0.3, -0.25) is 14.3 Å². The monoisotopic (exact) mass is 286 g/mol. The lowest BCUT2D eigenvalue weighted by Gasteiger charge is -2.10. The smallest absolute Gasteiger partial charge is 0.276 e. The minimum Gasteiger partial charge on any atom is -0.343 e. The zero-order chi connectivity index (χ0) is 15.6. The first kappa shape index (κ1) is 14.8. The number of carbonyl (C=O) groups is 2. The number of benzene rings is 1. The van der Waals surface area contributed by atoms with E-state index in [4.69, 9.17) is 0 Å². The molecule has 110 valence electrons. The van der Waals surface area contributed by atoms with Crippen molar-refractivity contribution in [2.45, 2.75) is 6.92 Å². The fourth-order valence-corrected chi connectivity index (χ4v) is 1.89. The van der Waals surface area contributed by atoms with Crippen LogP contribution in [0.1, 0.15) is 26.5 Å². The maximum absolute atomic E-state index is 12.2. The third-order valence-electron chi connectivity index (χ3n) is 3.22. The minimum atomic E-state index is -0.264. The van der Waals surface area contributed by atoms with E-state index in [1.165, 1.54) is 4.90 Å². The third-order valence-corrected chi connectivity index (χ3v) is 3.22. The van der Waals surface area contributed by atoms with E-state index < -0.39 is 0 Å². The second-order valence-electron chi connectivity index (χ2n) is 4.95. The van der Waals surface area contributed by atoms with Crippen molar-refractivity contribution in [2.24, 2.45) is 7.05 Å². The second-order valence-corrected chi connectivity index (χ2v) is 4.95. The summed E-state index contributed by atoms with van der Waals surface area (Å²) < 4.78 is 1.58. The Bertz CT molecular complexity index is 674. The number of aryl methyl sites for hydroxylation is 1. The van der Waals surface area contributed by atoms with Crippen LogP contribution in [-0.2, 0) is 7.05 Å². The Morgan fingerprint density at radius 1 is 1.19 bits per heavy atom.